The first-order chi connectivity index (χ1) is 9.86. The topological polar surface area (TPSA) is 41.8 Å². The van der Waals surface area contributed by atoms with Gasteiger partial charge in [-0.25, -0.2) is 0 Å². The van der Waals surface area contributed by atoms with E-state index in [1.807, 2.05) is 42.5 Å². The van der Waals surface area contributed by atoms with Crippen molar-refractivity contribution >= 4 is 17.0 Å². The molecule has 0 heterocycles. The van der Waals surface area contributed by atoms with Gasteiger partial charge in [-0.15, -0.1) is 0 Å². The molecule has 2 aromatic carbocycles. The molecule has 0 bridgehead atoms. The van der Waals surface area contributed by atoms with Gasteiger partial charge in [0.25, 0.3) is 0 Å². The third-order valence-electron chi connectivity index (χ3n) is 3.26. The van der Waals surface area contributed by atoms with Crippen LogP contribution in [0.1, 0.15) is 18.4 Å². The number of hydrogen-bond donors (Lipinski definition) is 1. The third kappa shape index (κ3) is 2.57. The van der Waals surface area contributed by atoms with E-state index in [2.05, 4.69) is 17.3 Å². The van der Waals surface area contributed by atoms with Gasteiger partial charge in [-0.3, -0.25) is 0 Å². The van der Waals surface area contributed by atoms with Crippen molar-refractivity contribution in [1.29, 1.82) is 0 Å². The van der Waals surface area contributed by atoms with Gasteiger partial charge < -0.3 is 9.94 Å². The maximum atomic E-state index is 8.59. The van der Waals surface area contributed by atoms with Crippen molar-refractivity contribution in [3.8, 4) is 5.75 Å². The lowest BCUT2D eigenvalue weighted by molar-refractivity contribution is 0.322. The number of nitrogens with zero attached hydrogens (tertiary/aromatic N) is 1. The van der Waals surface area contributed by atoms with Crippen LogP contribution >= 0.6 is 0 Å². The molecule has 20 heavy (non-hydrogen) atoms. The van der Waals surface area contributed by atoms with Crippen molar-refractivity contribution < 1.29 is 9.94 Å². The highest BCUT2D eigenvalue weighted by atomic mass is 16.5. The maximum absolute atomic E-state index is 8.59. The van der Waals surface area contributed by atoms with Gasteiger partial charge >= 0.3 is 0 Å². The third-order valence-corrected chi connectivity index (χ3v) is 3.26. The largest absolute Gasteiger partial charge is 0.457 e. The van der Waals surface area contributed by atoms with E-state index in [1.165, 1.54) is 6.21 Å². The minimum atomic E-state index is 0.841. The highest BCUT2D eigenvalue weighted by molar-refractivity contribution is 5.93. The number of fused-ring (bicyclic) bond motifs is 1. The molecule has 0 aromatic heterocycles. The minimum absolute atomic E-state index is 0.841. The van der Waals surface area contributed by atoms with E-state index in [4.69, 9.17) is 9.94 Å². The molecule has 0 unspecified atom stereocenters. The Morgan fingerprint density at radius 2 is 2.10 bits per heavy atom. The van der Waals surface area contributed by atoms with Gasteiger partial charge in [0.1, 0.15) is 11.5 Å². The smallest absolute Gasteiger partial charge is 0.135 e. The summed E-state index contributed by atoms with van der Waals surface area (Å²) in [5.74, 6) is 1.73. The molecule has 0 fully saturated rings. The number of rotatable bonds is 3. The predicted octanol–water partition coefficient (Wildman–Crippen LogP) is 4.26. The summed E-state index contributed by atoms with van der Waals surface area (Å²) in [5.41, 5.74) is 0.855. The molecule has 100 valence electrons. The molecule has 0 amide bonds. The number of ether oxygens (including phenoxy) is 1. The van der Waals surface area contributed by atoms with Crippen LogP contribution in [-0.2, 0) is 0 Å². The van der Waals surface area contributed by atoms with Gasteiger partial charge in [0.15, 0.2) is 0 Å². The first kappa shape index (κ1) is 12.5. The van der Waals surface area contributed by atoms with Crippen LogP contribution in [0.5, 0.6) is 5.75 Å². The highest BCUT2D eigenvalue weighted by Crippen LogP contribution is 2.28. The molecule has 0 aliphatic heterocycles. The van der Waals surface area contributed by atoms with Crippen LogP contribution in [-0.4, -0.2) is 11.4 Å². The molecule has 3 heteroatoms. The quantitative estimate of drug-likeness (QED) is 0.512. The molecule has 3 nitrogen and oxygen atoms in total. The molecule has 0 spiro atoms. The van der Waals surface area contributed by atoms with Gasteiger partial charge in [0.05, 0.1) is 6.21 Å². The first-order valence-corrected chi connectivity index (χ1v) is 6.61. The fourth-order valence-electron chi connectivity index (χ4n) is 2.30. The van der Waals surface area contributed by atoms with Crippen molar-refractivity contribution in [2.75, 3.05) is 0 Å². The normalized spacial score (nSPS) is 14.7. The molecule has 0 saturated heterocycles. The number of hydrogen-bond acceptors (Lipinski definition) is 3. The zero-order chi connectivity index (χ0) is 13.8. The summed E-state index contributed by atoms with van der Waals surface area (Å²) in [6.45, 7) is 0. The standard InChI is InChI=1S/C17H15NO2/c19-18-12-13-9-10-16-14(11-13)5-4-8-17(16)20-15-6-2-1-3-7-15/h2,4-12,19H,1,3H2. The first-order valence-electron chi connectivity index (χ1n) is 6.61. The fraction of sp³-hybridized carbons (Fsp3) is 0.118. The molecule has 0 saturated carbocycles. The Morgan fingerprint density at radius 1 is 1.15 bits per heavy atom. The average molecular weight is 265 g/mol. The Balaban J connectivity index is 1.99. The molecule has 1 aliphatic rings. The summed E-state index contributed by atoms with van der Waals surface area (Å²) in [7, 11) is 0. The Bertz CT molecular complexity index is 714. The van der Waals surface area contributed by atoms with E-state index in [-0.39, 0.29) is 0 Å². The van der Waals surface area contributed by atoms with Crippen LogP contribution in [0, 0.1) is 0 Å². The zero-order valence-corrected chi connectivity index (χ0v) is 11.0. The van der Waals surface area contributed by atoms with Crippen molar-refractivity contribution in [3.63, 3.8) is 0 Å². The molecule has 2 aromatic rings. The van der Waals surface area contributed by atoms with E-state index in [1.54, 1.807) is 0 Å². The SMILES string of the molecule is ON=Cc1ccc2c(OC3=CCCC=C3)cccc2c1. The van der Waals surface area contributed by atoms with Crippen molar-refractivity contribution in [3.05, 3.63) is 65.9 Å². The molecule has 3 rings (SSSR count). The van der Waals surface area contributed by atoms with Crippen LogP contribution in [0.3, 0.4) is 0 Å². The molecule has 0 atom stereocenters. The van der Waals surface area contributed by atoms with Gasteiger partial charge in [0, 0.05) is 5.39 Å². The molecule has 1 N–H and O–H groups in total. The lowest BCUT2D eigenvalue weighted by Crippen LogP contribution is -1.96. The minimum Gasteiger partial charge on any atom is -0.457 e. The van der Waals surface area contributed by atoms with Gasteiger partial charge in [-0.2, -0.15) is 0 Å². The second kappa shape index (κ2) is 5.61. The van der Waals surface area contributed by atoms with Gasteiger partial charge in [-0.1, -0.05) is 29.4 Å². The highest BCUT2D eigenvalue weighted by Gasteiger charge is 2.05. The Hall–Kier alpha value is -2.55. The van der Waals surface area contributed by atoms with E-state index in [9.17, 15) is 0 Å². The Kier molecular flexibility index (Phi) is 3.50. The molecule has 0 radical (unpaired) electrons. The summed E-state index contributed by atoms with van der Waals surface area (Å²) in [4.78, 5) is 0. The zero-order valence-electron chi connectivity index (χ0n) is 11.0. The molecule has 1 aliphatic carbocycles. The van der Waals surface area contributed by atoms with Crippen LogP contribution < -0.4 is 4.74 Å². The Morgan fingerprint density at radius 3 is 2.90 bits per heavy atom. The van der Waals surface area contributed by atoms with Crippen molar-refractivity contribution in [2.24, 2.45) is 5.16 Å². The number of benzene rings is 2. The van der Waals surface area contributed by atoms with Crippen LogP contribution in [0.4, 0.5) is 0 Å². The second-order valence-electron chi connectivity index (χ2n) is 4.67. The predicted molar refractivity (Wildman–Crippen MR) is 80.4 cm³/mol. The van der Waals surface area contributed by atoms with Crippen LogP contribution in [0.15, 0.2) is 65.5 Å². The monoisotopic (exact) mass is 265 g/mol. The second-order valence-corrected chi connectivity index (χ2v) is 4.67. The summed E-state index contributed by atoms with van der Waals surface area (Å²) in [6.07, 6.45) is 9.75. The lowest BCUT2D eigenvalue weighted by Gasteiger charge is -2.12. The molecular formula is C17H15NO2. The number of allylic oxidation sites excluding steroid dienone is 3. The van der Waals surface area contributed by atoms with E-state index in [0.29, 0.717) is 0 Å². The maximum Gasteiger partial charge on any atom is 0.135 e. The lowest BCUT2D eigenvalue weighted by atomic mass is 10.1. The van der Waals surface area contributed by atoms with E-state index in [0.717, 1.165) is 40.7 Å². The summed E-state index contributed by atoms with van der Waals surface area (Å²) in [5, 5.41) is 13.7. The van der Waals surface area contributed by atoms with Crippen LogP contribution in [0.25, 0.3) is 10.8 Å². The van der Waals surface area contributed by atoms with Crippen molar-refractivity contribution in [1.82, 2.24) is 0 Å². The average Bonchev–Trinajstić information content (AvgIpc) is 2.49. The summed E-state index contributed by atoms with van der Waals surface area (Å²) < 4.78 is 5.96. The number of oxime groups is 1. The van der Waals surface area contributed by atoms with Gasteiger partial charge in [-0.05, 0) is 54.1 Å². The fourth-order valence-corrected chi connectivity index (χ4v) is 2.30. The van der Waals surface area contributed by atoms with E-state index >= 15 is 0 Å². The van der Waals surface area contributed by atoms with E-state index < -0.39 is 0 Å². The summed E-state index contributed by atoms with van der Waals surface area (Å²) >= 11 is 0. The molecular weight excluding hydrogens is 250 g/mol. The Labute approximate surface area is 117 Å². The van der Waals surface area contributed by atoms with Crippen molar-refractivity contribution in [2.45, 2.75) is 12.8 Å². The van der Waals surface area contributed by atoms with Gasteiger partial charge in [0.2, 0.25) is 0 Å². The summed E-state index contributed by atoms with van der Waals surface area (Å²) in [6, 6.07) is 11.8. The van der Waals surface area contributed by atoms with Crippen LogP contribution in [0.2, 0.25) is 0 Å².